The van der Waals surface area contributed by atoms with E-state index in [1.54, 1.807) is 0 Å². The molecule has 0 bridgehead atoms. The molecule has 0 aliphatic rings. The van der Waals surface area contributed by atoms with Crippen molar-refractivity contribution >= 4 is 46.4 Å². The maximum atomic E-state index is 12.0. The average Bonchev–Trinajstić information content (AvgIpc) is 2.77. The predicted molar refractivity (Wildman–Crippen MR) is 99.8 cm³/mol. The average molecular weight is 374 g/mol. The van der Waals surface area contributed by atoms with Crippen molar-refractivity contribution in [3.63, 3.8) is 0 Å². The molecular weight excluding hydrogens is 353 g/mol. The summed E-state index contributed by atoms with van der Waals surface area (Å²) in [5.41, 5.74) is 7.88. The highest BCUT2D eigenvalue weighted by Gasteiger charge is 2.19. The third kappa shape index (κ3) is 5.46. The third-order valence-corrected chi connectivity index (χ3v) is 4.71. The summed E-state index contributed by atoms with van der Waals surface area (Å²) in [6.07, 6.45) is 0.746. The Bertz CT molecular complexity index is 673. The van der Waals surface area contributed by atoms with Crippen molar-refractivity contribution in [3.8, 4) is 0 Å². The Labute approximate surface area is 151 Å². The van der Waals surface area contributed by atoms with E-state index in [0.29, 0.717) is 5.13 Å². The van der Waals surface area contributed by atoms with E-state index in [-0.39, 0.29) is 24.2 Å². The van der Waals surface area contributed by atoms with Gasteiger partial charge in [-0.3, -0.25) is 4.79 Å². The Balaban J connectivity index is 0.00000264. The van der Waals surface area contributed by atoms with Crippen LogP contribution in [0.15, 0.2) is 24.3 Å². The monoisotopic (exact) mass is 373 g/mol. The first-order chi connectivity index (χ1) is 10.4. The topological polar surface area (TPSA) is 68.0 Å². The quantitative estimate of drug-likeness (QED) is 0.830. The minimum absolute atomic E-state index is 0. The number of rotatable bonds is 5. The van der Waals surface area contributed by atoms with Gasteiger partial charge < -0.3 is 11.1 Å². The lowest BCUT2D eigenvalue weighted by atomic mass is 10.1. The number of aryl methyl sites for hydroxylation is 1. The van der Waals surface area contributed by atoms with Gasteiger partial charge in [0, 0.05) is 16.3 Å². The predicted octanol–water partition coefficient (Wildman–Crippen LogP) is 4.04. The lowest BCUT2D eigenvalue weighted by Gasteiger charge is -2.13. The zero-order valence-corrected chi connectivity index (χ0v) is 15.7. The molecule has 0 unspecified atom stereocenters. The maximum Gasteiger partial charge on any atom is 0.243 e. The second kappa shape index (κ2) is 8.64. The van der Waals surface area contributed by atoms with Crippen LogP contribution in [0.5, 0.6) is 0 Å². The molecule has 126 valence electrons. The Kier molecular flexibility index (Phi) is 7.48. The van der Waals surface area contributed by atoms with Crippen molar-refractivity contribution in [2.75, 3.05) is 5.32 Å². The van der Waals surface area contributed by atoms with Crippen molar-refractivity contribution in [3.05, 3.63) is 45.4 Å². The van der Waals surface area contributed by atoms with E-state index < -0.39 is 6.04 Å². The number of hydrogen-bond acceptors (Lipinski definition) is 4. The number of anilines is 1. The molecule has 0 saturated carbocycles. The second-order valence-corrected chi connectivity index (χ2v) is 7.11. The fraction of sp³-hybridized carbons (Fsp3) is 0.375. The van der Waals surface area contributed by atoms with Gasteiger partial charge in [0.2, 0.25) is 5.91 Å². The largest absolute Gasteiger partial charge is 0.320 e. The van der Waals surface area contributed by atoms with Crippen LogP contribution in [-0.4, -0.2) is 16.9 Å². The second-order valence-electron chi connectivity index (χ2n) is 5.59. The van der Waals surface area contributed by atoms with Crippen LogP contribution in [0.3, 0.4) is 0 Å². The van der Waals surface area contributed by atoms with Gasteiger partial charge in [0.1, 0.15) is 0 Å². The van der Waals surface area contributed by atoms with E-state index in [1.807, 2.05) is 45.0 Å². The molecule has 1 aromatic carbocycles. The molecule has 2 aromatic rings. The van der Waals surface area contributed by atoms with Crippen LogP contribution < -0.4 is 11.1 Å². The number of nitrogens with zero attached hydrogens (tertiary/aromatic N) is 1. The number of nitrogens with two attached hydrogens (primary N) is 1. The number of carbonyl (C=O) groups is 1. The highest BCUT2D eigenvalue weighted by atomic mass is 35.5. The first kappa shape index (κ1) is 19.9. The zero-order valence-electron chi connectivity index (χ0n) is 13.3. The molecule has 0 spiro atoms. The van der Waals surface area contributed by atoms with Crippen LogP contribution in [0.1, 0.15) is 30.0 Å². The van der Waals surface area contributed by atoms with E-state index in [0.717, 1.165) is 27.6 Å². The molecule has 3 N–H and O–H groups in total. The number of nitrogens with one attached hydrogen (secondary N) is 1. The molecule has 1 aromatic heterocycles. The first-order valence-electron chi connectivity index (χ1n) is 7.14. The highest BCUT2D eigenvalue weighted by Crippen LogP contribution is 2.26. The number of thiazole rings is 1. The molecule has 0 aliphatic heterocycles. The molecule has 0 fully saturated rings. The summed E-state index contributed by atoms with van der Waals surface area (Å²) in [6, 6.07) is 7.22. The number of aromatic nitrogens is 1. The summed E-state index contributed by atoms with van der Waals surface area (Å²) in [7, 11) is 0. The third-order valence-electron chi connectivity index (χ3n) is 3.40. The lowest BCUT2D eigenvalue weighted by Crippen LogP contribution is -2.39. The summed E-state index contributed by atoms with van der Waals surface area (Å²) in [4.78, 5) is 17.5. The fourth-order valence-electron chi connectivity index (χ4n) is 1.97. The van der Waals surface area contributed by atoms with Crippen LogP contribution in [0.4, 0.5) is 5.13 Å². The van der Waals surface area contributed by atoms with E-state index in [2.05, 4.69) is 10.3 Å². The van der Waals surface area contributed by atoms with Gasteiger partial charge in [-0.15, -0.1) is 23.7 Å². The number of hydrogen-bond donors (Lipinski definition) is 2. The van der Waals surface area contributed by atoms with Gasteiger partial charge in [0.15, 0.2) is 5.13 Å². The van der Waals surface area contributed by atoms with Crippen LogP contribution in [0.25, 0.3) is 0 Å². The summed E-state index contributed by atoms with van der Waals surface area (Å²) in [5.74, 6) is -0.106. The standard InChI is InChI=1S/C16H20ClN3OS.ClH/c1-9(2)14(18)15(21)20-16-19-10(3)13(22-16)8-11-5-4-6-12(17)7-11;/h4-7,9,14H,8,18H2,1-3H3,(H,19,20,21);1H/t14-;/m0./s1. The molecule has 0 radical (unpaired) electrons. The molecule has 23 heavy (non-hydrogen) atoms. The maximum absolute atomic E-state index is 12.0. The molecule has 1 amide bonds. The Hall–Kier alpha value is -1.14. The van der Waals surface area contributed by atoms with E-state index in [1.165, 1.54) is 11.3 Å². The number of benzene rings is 1. The summed E-state index contributed by atoms with van der Waals surface area (Å²) >= 11 is 7.48. The Morgan fingerprint density at radius 1 is 1.43 bits per heavy atom. The normalized spacial score (nSPS) is 11.9. The van der Waals surface area contributed by atoms with Gasteiger partial charge in [-0.05, 0) is 30.5 Å². The lowest BCUT2D eigenvalue weighted by molar-refractivity contribution is -0.118. The van der Waals surface area contributed by atoms with E-state index in [4.69, 9.17) is 17.3 Å². The summed E-state index contributed by atoms with van der Waals surface area (Å²) < 4.78 is 0. The Morgan fingerprint density at radius 3 is 2.74 bits per heavy atom. The van der Waals surface area contributed by atoms with Gasteiger partial charge in [-0.2, -0.15) is 0 Å². The fourth-order valence-corrected chi connectivity index (χ4v) is 3.18. The van der Waals surface area contributed by atoms with Crippen LogP contribution in [0, 0.1) is 12.8 Å². The number of carbonyl (C=O) groups excluding carboxylic acids is 1. The molecule has 0 saturated heterocycles. The van der Waals surface area contributed by atoms with Crippen molar-refractivity contribution in [1.82, 2.24) is 4.98 Å². The molecular formula is C16H21Cl2N3OS. The van der Waals surface area contributed by atoms with Crippen LogP contribution in [-0.2, 0) is 11.2 Å². The van der Waals surface area contributed by atoms with Crippen molar-refractivity contribution in [2.24, 2.45) is 11.7 Å². The molecule has 1 atom stereocenters. The van der Waals surface area contributed by atoms with Crippen molar-refractivity contribution in [2.45, 2.75) is 33.2 Å². The van der Waals surface area contributed by atoms with Crippen molar-refractivity contribution in [1.29, 1.82) is 0 Å². The molecule has 0 aliphatic carbocycles. The minimum Gasteiger partial charge on any atom is -0.320 e. The van der Waals surface area contributed by atoms with E-state index >= 15 is 0 Å². The molecule has 7 heteroatoms. The van der Waals surface area contributed by atoms with E-state index in [9.17, 15) is 4.79 Å². The van der Waals surface area contributed by atoms with Gasteiger partial charge >= 0.3 is 0 Å². The molecule has 1 heterocycles. The Morgan fingerprint density at radius 2 is 2.13 bits per heavy atom. The number of amides is 1. The zero-order chi connectivity index (χ0) is 16.3. The van der Waals surface area contributed by atoms with Gasteiger partial charge in [0.25, 0.3) is 0 Å². The summed E-state index contributed by atoms with van der Waals surface area (Å²) in [6.45, 7) is 5.78. The highest BCUT2D eigenvalue weighted by molar-refractivity contribution is 7.15. The van der Waals surface area contributed by atoms with Crippen LogP contribution in [0.2, 0.25) is 5.02 Å². The van der Waals surface area contributed by atoms with Crippen molar-refractivity contribution < 1.29 is 4.79 Å². The SMILES string of the molecule is Cc1nc(NC(=O)[C@@H](N)C(C)C)sc1Cc1cccc(Cl)c1.Cl. The first-order valence-corrected chi connectivity index (χ1v) is 8.33. The summed E-state index contributed by atoms with van der Waals surface area (Å²) in [5, 5.41) is 4.11. The van der Waals surface area contributed by atoms with Crippen LogP contribution >= 0.6 is 35.3 Å². The van der Waals surface area contributed by atoms with Gasteiger partial charge in [-0.25, -0.2) is 4.98 Å². The van der Waals surface area contributed by atoms with Gasteiger partial charge in [-0.1, -0.05) is 37.6 Å². The minimum atomic E-state index is -0.527. The smallest absolute Gasteiger partial charge is 0.243 e. The molecule has 2 rings (SSSR count). The molecule has 4 nitrogen and oxygen atoms in total. The number of halogens is 2. The van der Waals surface area contributed by atoms with Gasteiger partial charge in [0.05, 0.1) is 11.7 Å².